The zero-order valence-corrected chi connectivity index (χ0v) is 12.9. The molecule has 0 fully saturated rings. The summed E-state index contributed by atoms with van der Waals surface area (Å²) < 4.78 is 0.900. The van der Waals surface area contributed by atoms with Crippen LogP contribution in [0.1, 0.15) is 15.9 Å². The van der Waals surface area contributed by atoms with Gasteiger partial charge in [-0.15, -0.1) is 0 Å². The van der Waals surface area contributed by atoms with Crippen LogP contribution in [0.5, 0.6) is 0 Å². The summed E-state index contributed by atoms with van der Waals surface area (Å²) in [5.41, 5.74) is 7.87. The van der Waals surface area contributed by atoms with E-state index < -0.39 is 0 Å². The maximum absolute atomic E-state index is 12.1. The van der Waals surface area contributed by atoms with Crippen molar-refractivity contribution in [2.45, 2.75) is 6.54 Å². The third kappa shape index (κ3) is 3.68. The standard InChI is InChI=1S/C14H12ClIN2O/c15-11-5-6-13(12(16)7-11)18-14(19)10-3-1-9(8-17)2-4-10/h1-7H,8,17H2,(H,18,19). The van der Waals surface area contributed by atoms with Crippen LogP contribution in [0.15, 0.2) is 42.5 Å². The summed E-state index contributed by atoms with van der Waals surface area (Å²) in [5.74, 6) is -0.149. The molecule has 0 bridgehead atoms. The van der Waals surface area contributed by atoms with Crippen LogP contribution in [0.3, 0.4) is 0 Å². The van der Waals surface area contributed by atoms with Gasteiger partial charge in [-0.1, -0.05) is 23.7 Å². The van der Waals surface area contributed by atoms with Crippen LogP contribution in [0.25, 0.3) is 0 Å². The van der Waals surface area contributed by atoms with Gasteiger partial charge in [0.25, 0.3) is 5.91 Å². The lowest BCUT2D eigenvalue weighted by Crippen LogP contribution is -2.13. The lowest BCUT2D eigenvalue weighted by atomic mass is 10.1. The number of benzene rings is 2. The average Bonchev–Trinajstić information content (AvgIpc) is 2.42. The first-order valence-electron chi connectivity index (χ1n) is 5.65. The summed E-state index contributed by atoms with van der Waals surface area (Å²) in [5, 5.41) is 3.50. The van der Waals surface area contributed by atoms with Gasteiger partial charge in [0.05, 0.1) is 5.69 Å². The lowest BCUT2D eigenvalue weighted by molar-refractivity contribution is 0.102. The number of hydrogen-bond donors (Lipinski definition) is 2. The third-order valence-electron chi connectivity index (χ3n) is 2.63. The van der Waals surface area contributed by atoms with Gasteiger partial charge in [-0.3, -0.25) is 4.79 Å². The Balaban J connectivity index is 2.15. The van der Waals surface area contributed by atoms with Crippen LogP contribution < -0.4 is 11.1 Å². The minimum absolute atomic E-state index is 0.149. The number of carbonyl (C=O) groups is 1. The fraction of sp³-hybridized carbons (Fsp3) is 0.0714. The van der Waals surface area contributed by atoms with Crippen LogP contribution in [0.4, 0.5) is 5.69 Å². The second-order valence-electron chi connectivity index (χ2n) is 3.98. The van der Waals surface area contributed by atoms with E-state index in [9.17, 15) is 4.79 Å². The van der Waals surface area contributed by atoms with Crippen molar-refractivity contribution in [3.05, 3.63) is 62.2 Å². The fourth-order valence-corrected chi connectivity index (χ4v) is 2.58. The van der Waals surface area contributed by atoms with Gasteiger partial charge in [0.15, 0.2) is 0 Å². The number of amides is 1. The molecule has 2 aromatic carbocycles. The normalized spacial score (nSPS) is 10.3. The molecule has 3 nitrogen and oxygen atoms in total. The predicted molar refractivity (Wildman–Crippen MR) is 86.5 cm³/mol. The summed E-state index contributed by atoms with van der Waals surface area (Å²) >= 11 is 8.01. The maximum Gasteiger partial charge on any atom is 0.255 e. The molecule has 5 heteroatoms. The minimum atomic E-state index is -0.149. The highest BCUT2D eigenvalue weighted by Crippen LogP contribution is 2.22. The van der Waals surface area contributed by atoms with Crippen LogP contribution in [-0.4, -0.2) is 5.91 Å². The topological polar surface area (TPSA) is 55.1 Å². The van der Waals surface area contributed by atoms with E-state index in [1.165, 1.54) is 0 Å². The Morgan fingerprint density at radius 2 is 1.89 bits per heavy atom. The summed E-state index contributed by atoms with van der Waals surface area (Å²) in [4.78, 5) is 12.1. The molecule has 0 aromatic heterocycles. The number of nitrogens with one attached hydrogen (secondary N) is 1. The molecule has 0 spiro atoms. The first-order valence-corrected chi connectivity index (χ1v) is 7.11. The molecule has 0 aliphatic carbocycles. The lowest BCUT2D eigenvalue weighted by Gasteiger charge is -2.08. The second-order valence-corrected chi connectivity index (χ2v) is 5.58. The van der Waals surface area contributed by atoms with Crippen LogP contribution >= 0.6 is 34.2 Å². The SMILES string of the molecule is NCc1ccc(C(=O)Nc2ccc(Cl)cc2I)cc1. The second kappa shape index (κ2) is 6.36. The summed E-state index contributed by atoms with van der Waals surface area (Å²) in [6.07, 6.45) is 0. The Morgan fingerprint density at radius 3 is 2.47 bits per heavy atom. The molecule has 0 radical (unpaired) electrons. The molecule has 0 atom stereocenters. The van der Waals surface area contributed by atoms with E-state index in [4.69, 9.17) is 17.3 Å². The molecule has 2 rings (SSSR count). The van der Waals surface area contributed by atoms with Crippen molar-refractivity contribution < 1.29 is 4.79 Å². The first-order chi connectivity index (χ1) is 9.10. The van der Waals surface area contributed by atoms with E-state index in [0.29, 0.717) is 17.1 Å². The van der Waals surface area contributed by atoms with Crippen LogP contribution in [0.2, 0.25) is 5.02 Å². The van der Waals surface area contributed by atoms with Crippen molar-refractivity contribution in [2.75, 3.05) is 5.32 Å². The Morgan fingerprint density at radius 1 is 1.21 bits per heavy atom. The Hall–Kier alpha value is -1.11. The maximum atomic E-state index is 12.1. The number of anilines is 1. The number of hydrogen-bond acceptors (Lipinski definition) is 2. The monoisotopic (exact) mass is 386 g/mol. The van der Waals surface area contributed by atoms with Crippen molar-refractivity contribution in [2.24, 2.45) is 5.73 Å². The van der Waals surface area contributed by atoms with Crippen molar-refractivity contribution in [1.29, 1.82) is 0 Å². The highest BCUT2D eigenvalue weighted by molar-refractivity contribution is 14.1. The van der Waals surface area contributed by atoms with E-state index in [1.54, 1.807) is 30.3 Å². The van der Waals surface area contributed by atoms with Gasteiger partial charge in [-0.25, -0.2) is 0 Å². The number of nitrogens with two attached hydrogens (primary N) is 1. The number of rotatable bonds is 3. The van der Waals surface area contributed by atoms with Crippen molar-refractivity contribution in [3.63, 3.8) is 0 Å². The minimum Gasteiger partial charge on any atom is -0.326 e. The Kier molecular flexibility index (Phi) is 4.79. The van der Waals surface area contributed by atoms with Crippen LogP contribution in [-0.2, 0) is 6.54 Å². The van der Waals surface area contributed by atoms with E-state index >= 15 is 0 Å². The van der Waals surface area contributed by atoms with Gasteiger partial charge in [0.1, 0.15) is 0 Å². The molecule has 0 heterocycles. The quantitative estimate of drug-likeness (QED) is 0.791. The molecule has 19 heavy (non-hydrogen) atoms. The Bertz CT molecular complexity index is 599. The molecule has 98 valence electrons. The summed E-state index contributed by atoms with van der Waals surface area (Å²) in [6, 6.07) is 12.6. The molecular formula is C14H12ClIN2O. The van der Waals surface area contributed by atoms with Gasteiger partial charge >= 0.3 is 0 Å². The highest BCUT2D eigenvalue weighted by atomic mass is 127. The van der Waals surface area contributed by atoms with Crippen molar-refractivity contribution >= 4 is 45.8 Å². The van der Waals surface area contributed by atoms with E-state index in [0.717, 1.165) is 14.8 Å². The molecule has 1 amide bonds. The highest BCUT2D eigenvalue weighted by Gasteiger charge is 2.08. The van der Waals surface area contributed by atoms with E-state index in [2.05, 4.69) is 27.9 Å². The van der Waals surface area contributed by atoms with Gasteiger partial charge in [-0.05, 0) is 58.5 Å². The van der Waals surface area contributed by atoms with Crippen LogP contribution in [0, 0.1) is 3.57 Å². The van der Waals surface area contributed by atoms with Gasteiger partial charge in [0, 0.05) is 20.7 Å². The largest absolute Gasteiger partial charge is 0.326 e. The molecule has 3 N–H and O–H groups in total. The molecule has 0 saturated carbocycles. The predicted octanol–water partition coefficient (Wildman–Crippen LogP) is 3.66. The molecule has 0 unspecified atom stereocenters. The van der Waals surface area contributed by atoms with Crippen molar-refractivity contribution in [3.8, 4) is 0 Å². The summed E-state index contributed by atoms with van der Waals surface area (Å²) in [6.45, 7) is 0.469. The van der Waals surface area contributed by atoms with Crippen molar-refractivity contribution in [1.82, 2.24) is 0 Å². The molecule has 0 saturated heterocycles. The molecular weight excluding hydrogens is 375 g/mol. The average molecular weight is 387 g/mol. The fourth-order valence-electron chi connectivity index (χ4n) is 1.58. The summed E-state index contributed by atoms with van der Waals surface area (Å²) in [7, 11) is 0. The van der Waals surface area contributed by atoms with Gasteiger partial charge in [-0.2, -0.15) is 0 Å². The zero-order chi connectivity index (χ0) is 13.8. The first kappa shape index (κ1) is 14.3. The van der Waals surface area contributed by atoms with Gasteiger partial charge in [0.2, 0.25) is 0 Å². The smallest absolute Gasteiger partial charge is 0.255 e. The zero-order valence-electron chi connectivity index (χ0n) is 9.99. The molecule has 2 aromatic rings. The van der Waals surface area contributed by atoms with E-state index in [-0.39, 0.29) is 5.91 Å². The number of carbonyl (C=O) groups excluding carboxylic acids is 1. The number of halogens is 2. The Labute approximate surface area is 130 Å². The van der Waals surface area contributed by atoms with E-state index in [1.807, 2.05) is 12.1 Å². The molecule has 0 aliphatic heterocycles. The third-order valence-corrected chi connectivity index (χ3v) is 3.76. The molecule has 0 aliphatic rings. The van der Waals surface area contributed by atoms with Gasteiger partial charge < -0.3 is 11.1 Å².